The molecule has 0 aliphatic heterocycles. The van der Waals surface area contributed by atoms with Gasteiger partial charge >= 0.3 is 0 Å². The van der Waals surface area contributed by atoms with E-state index in [0.717, 1.165) is 6.07 Å². The predicted molar refractivity (Wildman–Crippen MR) is 78.2 cm³/mol. The first-order chi connectivity index (χ1) is 10.6. The smallest absolute Gasteiger partial charge is 0.166 e. The zero-order chi connectivity index (χ0) is 15.7. The largest absolute Gasteiger partial charge is 0.300 e. The van der Waals surface area contributed by atoms with Crippen molar-refractivity contribution in [3.05, 3.63) is 48.3 Å². The molecule has 0 atom stereocenters. The minimum atomic E-state index is -0.904. The van der Waals surface area contributed by atoms with E-state index in [9.17, 15) is 13.6 Å². The average Bonchev–Trinajstić information content (AvgIpc) is 2.90. The summed E-state index contributed by atoms with van der Waals surface area (Å²) in [4.78, 5) is 15.3. The standard InChI is InChI=1S/C16H13F2N3O/c1-10(22)5-6-21-15-7-11(8-19-14(15)9-20-21)12-3-2-4-13(17)16(12)18/h2-4,7-9H,5-6H2,1H3. The molecule has 0 unspecified atom stereocenters. The Morgan fingerprint density at radius 3 is 2.86 bits per heavy atom. The summed E-state index contributed by atoms with van der Waals surface area (Å²) in [5.74, 6) is -1.75. The number of hydrogen-bond acceptors (Lipinski definition) is 3. The van der Waals surface area contributed by atoms with Gasteiger partial charge in [0, 0.05) is 30.3 Å². The van der Waals surface area contributed by atoms with E-state index in [1.807, 2.05) is 0 Å². The van der Waals surface area contributed by atoms with Gasteiger partial charge in [-0.25, -0.2) is 8.78 Å². The van der Waals surface area contributed by atoms with Crippen molar-refractivity contribution in [1.29, 1.82) is 0 Å². The van der Waals surface area contributed by atoms with Crippen LogP contribution in [-0.2, 0) is 11.3 Å². The number of benzene rings is 1. The summed E-state index contributed by atoms with van der Waals surface area (Å²) in [7, 11) is 0. The third-order valence-corrected chi connectivity index (χ3v) is 3.43. The molecule has 0 fully saturated rings. The Balaban J connectivity index is 2.06. The molecular weight excluding hydrogens is 288 g/mol. The summed E-state index contributed by atoms with van der Waals surface area (Å²) in [5, 5.41) is 4.18. The first-order valence-corrected chi connectivity index (χ1v) is 6.81. The number of carbonyl (C=O) groups excluding carboxylic acids is 1. The molecular formula is C16H13F2N3O. The van der Waals surface area contributed by atoms with Crippen LogP contribution in [0.1, 0.15) is 13.3 Å². The summed E-state index contributed by atoms with van der Waals surface area (Å²) >= 11 is 0. The highest BCUT2D eigenvalue weighted by Gasteiger charge is 2.12. The van der Waals surface area contributed by atoms with Crippen molar-refractivity contribution in [1.82, 2.24) is 14.8 Å². The molecule has 3 aromatic rings. The van der Waals surface area contributed by atoms with Gasteiger partial charge in [-0.15, -0.1) is 0 Å². The SMILES string of the molecule is CC(=O)CCn1ncc2ncc(-c3cccc(F)c3F)cc21. The number of fused-ring (bicyclic) bond motifs is 1. The maximum absolute atomic E-state index is 13.9. The highest BCUT2D eigenvalue weighted by atomic mass is 19.2. The molecule has 3 rings (SSSR count). The Labute approximate surface area is 125 Å². The number of pyridine rings is 1. The van der Waals surface area contributed by atoms with Crippen molar-refractivity contribution in [2.45, 2.75) is 19.9 Å². The van der Waals surface area contributed by atoms with E-state index in [2.05, 4.69) is 10.1 Å². The molecule has 0 saturated carbocycles. The fourth-order valence-corrected chi connectivity index (χ4v) is 2.27. The van der Waals surface area contributed by atoms with Gasteiger partial charge in [0.05, 0.1) is 11.7 Å². The van der Waals surface area contributed by atoms with Crippen LogP contribution in [0.2, 0.25) is 0 Å². The van der Waals surface area contributed by atoms with Gasteiger partial charge in [-0.1, -0.05) is 12.1 Å². The van der Waals surface area contributed by atoms with Crippen LogP contribution < -0.4 is 0 Å². The van der Waals surface area contributed by atoms with Crippen molar-refractivity contribution in [3.8, 4) is 11.1 Å². The van der Waals surface area contributed by atoms with E-state index in [1.165, 1.54) is 25.3 Å². The molecule has 0 amide bonds. The second kappa shape index (κ2) is 5.63. The number of rotatable bonds is 4. The van der Waals surface area contributed by atoms with Gasteiger partial charge in [0.2, 0.25) is 0 Å². The van der Waals surface area contributed by atoms with Crippen LogP contribution in [0.4, 0.5) is 8.78 Å². The molecule has 0 aliphatic carbocycles. The van der Waals surface area contributed by atoms with E-state index < -0.39 is 11.6 Å². The zero-order valence-corrected chi connectivity index (χ0v) is 11.9. The minimum Gasteiger partial charge on any atom is -0.300 e. The molecule has 0 radical (unpaired) electrons. The summed E-state index contributed by atoms with van der Waals surface area (Å²) in [6.45, 7) is 1.94. The second-order valence-corrected chi connectivity index (χ2v) is 5.05. The maximum atomic E-state index is 13.9. The van der Waals surface area contributed by atoms with Crippen LogP contribution in [0.15, 0.2) is 36.7 Å². The number of carbonyl (C=O) groups is 1. The summed E-state index contributed by atoms with van der Waals surface area (Å²) < 4.78 is 28.9. The van der Waals surface area contributed by atoms with E-state index in [4.69, 9.17) is 0 Å². The number of hydrogen-bond donors (Lipinski definition) is 0. The van der Waals surface area contributed by atoms with Crippen LogP contribution in [0.25, 0.3) is 22.2 Å². The summed E-state index contributed by atoms with van der Waals surface area (Å²) in [6.07, 6.45) is 3.42. The fraction of sp³-hybridized carbons (Fsp3) is 0.188. The minimum absolute atomic E-state index is 0.0592. The number of nitrogens with zero attached hydrogens (tertiary/aromatic N) is 3. The van der Waals surface area contributed by atoms with Gasteiger partial charge in [0.1, 0.15) is 11.3 Å². The monoisotopic (exact) mass is 301 g/mol. The van der Waals surface area contributed by atoms with Crippen LogP contribution in [0.3, 0.4) is 0 Å². The van der Waals surface area contributed by atoms with Gasteiger partial charge in [-0.05, 0) is 19.1 Å². The molecule has 112 valence electrons. The molecule has 0 spiro atoms. The van der Waals surface area contributed by atoms with Gasteiger partial charge in [-0.3, -0.25) is 14.5 Å². The molecule has 2 aromatic heterocycles. The van der Waals surface area contributed by atoms with Crippen LogP contribution in [0, 0.1) is 11.6 Å². The molecule has 4 nitrogen and oxygen atoms in total. The molecule has 22 heavy (non-hydrogen) atoms. The van der Waals surface area contributed by atoms with Crippen molar-refractivity contribution < 1.29 is 13.6 Å². The van der Waals surface area contributed by atoms with Crippen molar-refractivity contribution >= 4 is 16.8 Å². The lowest BCUT2D eigenvalue weighted by atomic mass is 10.1. The Kier molecular flexibility index (Phi) is 3.66. The summed E-state index contributed by atoms with van der Waals surface area (Å²) in [6, 6.07) is 5.72. The highest BCUT2D eigenvalue weighted by Crippen LogP contribution is 2.26. The fourth-order valence-electron chi connectivity index (χ4n) is 2.27. The predicted octanol–water partition coefficient (Wildman–Crippen LogP) is 3.36. The number of aryl methyl sites for hydroxylation is 1. The topological polar surface area (TPSA) is 47.8 Å². The van der Waals surface area contributed by atoms with Gasteiger partial charge in [-0.2, -0.15) is 5.10 Å². The van der Waals surface area contributed by atoms with Gasteiger partial charge < -0.3 is 0 Å². The van der Waals surface area contributed by atoms with Gasteiger partial charge in [0.15, 0.2) is 11.6 Å². The zero-order valence-electron chi connectivity index (χ0n) is 11.9. The molecule has 0 aliphatic rings. The van der Waals surface area contributed by atoms with Crippen molar-refractivity contribution in [2.24, 2.45) is 0 Å². The quantitative estimate of drug-likeness (QED) is 0.742. The van der Waals surface area contributed by atoms with Gasteiger partial charge in [0.25, 0.3) is 0 Å². The maximum Gasteiger partial charge on any atom is 0.166 e. The highest BCUT2D eigenvalue weighted by molar-refractivity contribution is 5.81. The van der Waals surface area contributed by atoms with Crippen LogP contribution in [0.5, 0.6) is 0 Å². The first-order valence-electron chi connectivity index (χ1n) is 6.81. The van der Waals surface area contributed by atoms with E-state index in [-0.39, 0.29) is 11.3 Å². The van der Waals surface area contributed by atoms with Crippen LogP contribution in [-0.4, -0.2) is 20.5 Å². The average molecular weight is 301 g/mol. The second-order valence-electron chi connectivity index (χ2n) is 5.05. The van der Waals surface area contributed by atoms with Crippen molar-refractivity contribution in [2.75, 3.05) is 0 Å². The van der Waals surface area contributed by atoms with E-state index in [1.54, 1.807) is 16.9 Å². The molecule has 0 bridgehead atoms. The first kappa shape index (κ1) is 14.3. The lowest BCUT2D eigenvalue weighted by Crippen LogP contribution is -2.04. The van der Waals surface area contributed by atoms with E-state index in [0.29, 0.717) is 29.6 Å². The van der Waals surface area contributed by atoms with Crippen LogP contribution >= 0.6 is 0 Å². The number of halogens is 2. The molecule has 6 heteroatoms. The molecule has 2 heterocycles. The number of Topliss-reactive ketones (excluding diaryl/α,β-unsaturated/α-hetero) is 1. The third kappa shape index (κ3) is 2.59. The Hall–Kier alpha value is -2.63. The summed E-state index contributed by atoms with van der Waals surface area (Å²) in [5.41, 5.74) is 1.94. The number of ketones is 1. The third-order valence-electron chi connectivity index (χ3n) is 3.43. The molecule has 0 N–H and O–H groups in total. The normalized spacial score (nSPS) is 11.0. The van der Waals surface area contributed by atoms with E-state index >= 15 is 0 Å². The molecule has 0 saturated heterocycles. The Bertz CT molecular complexity index is 858. The molecule has 1 aromatic carbocycles. The lowest BCUT2D eigenvalue weighted by Gasteiger charge is -2.06. The van der Waals surface area contributed by atoms with Crippen molar-refractivity contribution in [3.63, 3.8) is 0 Å². The Morgan fingerprint density at radius 1 is 1.27 bits per heavy atom. The lowest BCUT2D eigenvalue weighted by molar-refractivity contribution is -0.117. The number of aromatic nitrogens is 3. The Morgan fingerprint density at radius 2 is 2.09 bits per heavy atom.